The molecule has 0 radical (unpaired) electrons. The zero-order valence-electron chi connectivity index (χ0n) is 13.4. The van der Waals surface area contributed by atoms with Crippen molar-refractivity contribution < 1.29 is 0 Å². The van der Waals surface area contributed by atoms with Gasteiger partial charge in [-0.05, 0) is 29.8 Å². The molecule has 0 unspecified atom stereocenters. The molecule has 2 N–H and O–H groups in total. The summed E-state index contributed by atoms with van der Waals surface area (Å²) in [4.78, 5) is 17.2. The third kappa shape index (κ3) is 2.01. The van der Waals surface area contributed by atoms with Gasteiger partial charge in [0.1, 0.15) is 0 Å². The standard InChI is InChI=1S/C21H15N3O/c22-15-9-17-16-5-1-2-6-19(16)24-12-14(8-13-4-3-7-23-11-13)21(25)18(10-15)20(17)24/h1-7,9-12H,8,22H2. The van der Waals surface area contributed by atoms with Crippen LogP contribution in [-0.2, 0) is 6.42 Å². The third-order valence-electron chi connectivity index (χ3n) is 4.77. The van der Waals surface area contributed by atoms with Crippen molar-refractivity contribution in [2.24, 2.45) is 0 Å². The summed E-state index contributed by atoms with van der Waals surface area (Å²) in [5.74, 6) is 0. The Bertz CT molecular complexity index is 1290. The van der Waals surface area contributed by atoms with E-state index in [1.54, 1.807) is 18.5 Å². The maximum absolute atomic E-state index is 13.1. The molecule has 2 aromatic carbocycles. The molecule has 4 heteroatoms. The van der Waals surface area contributed by atoms with Crippen LogP contribution in [0, 0.1) is 0 Å². The lowest BCUT2D eigenvalue weighted by Gasteiger charge is -2.07. The zero-order chi connectivity index (χ0) is 17.0. The predicted octanol–water partition coefficient (Wildman–Crippen LogP) is 3.61. The first kappa shape index (κ1) is 14.0. The summed E-state index contributed by atoms with van der Waals surface area (Å²) in [5, 5.41) is 2.81. The number of anilines is 1. The van der Waals surface area contributed by atoms with Crippen LogP contribution in [0.4, 0.5) is 5.69 Å². The van der Waals surface area contributed by atoms with Gasteiger partial charge in [0, 0.05) is 52.4 Å². The average molecular weight is 325 g/mol. The minimum atomic E-state index is 0.0384. The number of hydrogen-bond acceptors (Lipinski definition) is 3. The zero-order valence-corrected chi connectivity index (χ0v) is 13.4. The van der Waals surface area contributed by atoms with E-state index in [0.717, 1.165) is 32.9 Å². The van der Waals surface area contributed by atoms with E-state index < -0.39 is 0 Å². The molecule has 0 saturated heterocycles. The number of benzene rings is 2. The normalized spacial score (nSPS) is 11.7. The minimum Gasteiger partial charge on any atom is -0.399 e. The Labute approximate surface area is 143 Å². The molecule has 0 aliphatic heterocycles. The van der Waals surface area contributed by atoms with E-state index in [2.05, 4.69) is 21.5 Å². The highest BCUT2D eigenvalue weighted by Crippen LogP contribution is 2.32. The number of fused-ring (bicyclic) bond motifs is 3. The molecule has 5 rings (SSSR count). The van der Waals surface area contributed by atoms with E-state index in [-0.39, 0.29) is 5.43 Å². The third-order valence-corrected chi connectivity index (χ3v) is 4.77. The fraction of sp³-hybridized carbons (Fsp3) is 0.0476. The number of pyridine rings is 2. The second kappa shape index (κ2) is 5.05. The van der Waals surface area contributed by atoms with Crippen LogP contribution in [0.2, 0.25) is 0 Å². The first-order valence-corrected chi connectivity index (χ1v) is 8.19. The molecule has 0 amide bonds. The van der Waals surface area contributed by atoms with Gasteiger partial charge < -0.3 is 10.1 Å². The summed E-state index contributed by atoms with van der Waals surface area (Å²) in [6, 6.07) is 15.8. The van der Waals surface area contributed by atoms with Crippen LogP contribution in [0.5, 0.6) is 0 Å². The van der Waals surface area contributed by atoms with Crippen LogP contribution >= 0.6 is 0 Å². The van der Waals surface area contributed by atoms with Crippen molar-refractivity contribution in [3.05, 3.63) is 88.5 Å². The predicted molar refractivity (Wildman–Crippen MR) is 101 cm³/mol. The molecule has 3 heterocycles. The second-order valence-electron chi connectivity index (χ2n) is 6.37. The maximum atomic E-state index is 13.1. The van der Waals surface area contributed by atoms with Crippen LogP contribution in [-0.4, -0.2) is 9.38 Å². The molecule has 0 aliphatic rings. The molecular weight excluding hydrogens is 310 g/mol. The van der Waals surface area contributed by atoms with Crippen LogP contribution in [0.3, 0.4) is 0 Å². The van der Waals surface area contributed by atoms with Gasteiger partial charge in [-0.3, -0.25) is 9.78 Å². The van der Waals surface area contributed by atoms with Gasteiger partial charge >= 0.3 is 0 Å². The summed E-state index contributed by atoms with van der Waals surface area (Å²) in [7, 11) is 0. The molecule has 120 valence electrons. The highest BCUT2D eigenvalue weighted by atomic mass is 16.1. The topological polar surface area (TPSA) is 60.4 Å². The lowest BCUT2D eigenvalue weighted by Crippen LogP contribution is -2.12. The van der Waals surface area contributed by atoms with Gasteiger partial charge in [-0.1, -0.05) is 24.3 Å². The van der Waals surface area contributed by atoms with E-state index in [1.165, 1.54) is 0 Å². The summed E-state index contributed by atoms with van der Waals surface area (Å²) < 4.78 is 2.12. The fourth-order valence-electron chi connectivity index (χ4n) is 3.70. The molecule has 4 nitrogen and oxygen atoms in total. The van der Waals surface area contributed by atoms with Crippen LogP contribution in [0.1, 0.15) is 11.1 Å². The van der Waals surface area contributed by atoms with Crippen LogP contribution in [0.15, 0.2) is 71.9 Å². The Morgan fingerprint density at radius 3 is 2.68 bits per heavy atom. The first-order valence-electron chi connectivity index (χ1n) is 8.19. The van der Waals surface area contributed by atoms with Crippen molar-refractivity contribution >= 4 is 32.9 Å². The highest BCUT2D eigenvalue weighted by molar-refractivity contribution is 6.15. The number of para-hydroxylation sites is 1. The molecule has 0 bridgehead atoms. The lowest BCUT2D eigenvalue weighted by atomic mass is 10.0. The second-order valence-corrected chi connectivity index (χ2v) is 6.37. The van der Waals surface area contributed by atoms with Crippen molar-refractivity contribution in [3.8, 4) is 0 Å². The monoisotopic (exact) mass is 325 g/mol. The molecule has 0 atom stereocenters. The first-order chi connectivity index (χ1) is 12.2. The number of nitrogen functional groups attached to an aromatic ring is 1. The maximum Gasteiger partial charge on any atom is 0.193 e. The number of hydrogen-bond donors (Lipinski definition) is 1. The van der Waals surface area contributed by atoms with Gasteiger partial charge in [-0.25, -0.2) is 0 Å². The van der Waals surface area contributed by atoms with Gasteiger partial charge in [-0.2, -0.15) is 0 Å². The molecular formula is C21H15N3O. The molecule has 0 aliphatic carbocycles. The lowest BCUT2D eigenvalue weighted by molar-refractivity contribution is 1.09. The summed E-state index contributed by atoms with van der Waals surface area (Å²) in [6.45, 7) is 0. The van der Waals surface area contributed by atoms with Crippen molar-refractivity contribution in [2.45, 2.75) is 6.42 Å². The minimum absolute atomic E-state index is 0.0384. The quantitative estimate of drug-likeness (QED) is 0.504. The Balaban J connectivity index is 1.91. The number of nitrogens with zero attached hydrogens (tertiary/aromatic N) is 2. The molecule has 0 spiro atoms. The van der Waals surface area contributed by atoms with Gasteiger partial charge in [0.15, 0.2) is 5.43 Å². The van der Waals surface area contributed by atoms with Gasteiger partial charge in [-0.15, -0.1) is 0 Å². The SMILES string of the molecule is Nc1cc2c(=O)c(Cc3cccnc3)cn3c4ccccc4c(c1)c23. The van der Waals surface area contributed by atoms with Crippen LogP contribution in [0.25, 0.3) is 27.2 Å². The van der Waals surface area contributed by atoms with Crippen LogP contribution < -0.4 is 11.2 Å². The number of nitrogens with two attached hydrogens (primary N) is 1. The van der Waals surface area contributed by atoms with Crippen molar-refractivity contribution in [1.29, 1.82) is 0 Å². The molecule has 5 aromatic rings. The fourth-order valence-corrected chi connectivity index (χ4v) is 3.70. The number of aromatic nitrogens is 2. The Morgan fingerprint density at radius 2 is 1.84 bits per heavy atom. The van der Waals surface area contributed by atoms with Gasteiger partial charge in [0.2, 0.25) is 0 Å². The Kier molecular flexibility index (Phi) is 2.82. The van der Waals surface area contributed by atoms with E-state index >= 15 is 0 Å². The number of rotatable bonds is 2. The molecule has 0 saturated carbocycles. The van der Waals surface area contributed by atoms with E-state index in [0.29, 0.717) is 17.5 Å². The van der Waals surface area contributed by atoms with Gasteiger partial charge in [0.05, 0.1) is 11.0 Å². The van der Waals surface area contributed by atoms with Crippen molar-refractivity contribution in [3.63, 3.8) is 0 Å². The van der Waals surface area contributed by atoms with Gasteiger partial charge in [0.25, 0.3) is 0 Å². The molecule has 3 aromatic heterocycles. The Hall–Kier alpha value is -3.40. The van der Waals surface area contributed by atoms with E-state index in [4.69, 9.17) is 5.73 Å². The summed E-state index contributed by atoms with van der Waals surface area (Å²) in [5.41, 5.74) is 10.5. The van der Waals surface area contributed by atoms with E-state index in [9.17, 15) is 4.79 Å². The highest BCUT2D eigenvalue weighted by Gasteiger charge is 2.16. The summed E-state index contributed by atoms with van der Waals surface area (Å²) in [6.07, 6.45) is 6.05. The Morgan fingerprint density at radius 1 is 1.00 bits per heavy atom. The average Bonchev–Trinajstić information content (AvgIpc) is 2.94. The van der Waals surface area contributed by atoms with Crippen molar-refractivity contribution in [2.75, 3.05) is 5.73 Å². The summed E-state index contributed by atoms with van der Waals surface area (Å²) >= 11 is 0. The van der Waals surface area contributed by atoms with Crippen molar-refractivity contribution in [1.82, 2.24) is 9.38 Å². The van der Waals surface area contributed by atoms with E-state index in [1.807, 2.05) is 36.5 Å². The smallest absolute Gasteiger partial charge is 0.193 e. The molecule has 0 fully saturated rings. The molecule has 25 heavy (non-hydrogen) atoms. The largest absolute Gasteiger partial charge is 0.399 e.